The van der Waals surface area contributed by atoms with Crippen molar-refractivity contribution in [1.29, 1.82) is 0 Å². The molecule has 1 aromatic carbocycles. The molecule has 0 radical (unpaired) electrons. The molecule has 7 heteroatoms. The second-order valence-electron chi connectivity index (χ2n) is 5.41. The van der Waals surface area contributed by atoms with Crippen molar-refractivity contribution in [3.8, 4) is 5.75 Å². The number of carbonyl (C=O) groups is 1. The predicted molar refractivity (Wildman–Crippen MR) is 75.4 cm³/mol. The van der Waals surface area contributed by atoms with Crippen LogP contribution in [0.3, 0.4) is 0 Å². The normalized spacial score (nSPS) is 11.1. The van der Waals surface area contributed by atoms with Crippen molar-refractivity contribution in [1.82, 2.24) is 5.32 Å². The van der Waals surface area contributed by atoms with Crippen LogP contribution in [0.15, 0.2) is 12.1 Å². The van der Waals surface area contributed by atoms with Crippen molar-refractivity contribution >= 4 is 11.7 Å². The number of anilines is 1. The van der Waals surface area contributed by atoms with E-state index in [1.165, 1.54) is 7.11 Å². The topological polar surface area (TPSA) is 70.6 Å². The van der Waals surface area contributed by atoms with Gasteiger partial charge in [0.25, 0.3) is 0 Å². The molecule has 0 saturated carbocycles. The molecule has 1 rings (SSSR count). The molecule has 0 bridgehead atoms. The zero-order chi connectivity index (χ0) is 16.0. The number of carbonyl (C=O) groups excluding carboxylic acids is 1. The molecule has 0 atom stereocenters. The average molecular weight is 302 g/mol. The fourth-order valence-electron chi connectivity index (χ4n) is 1.66. The number of benzene rings is 1. The van der Waals surface area contributed by atoms with E-state index < -0.39 is 17.7 Å². The first-order valence-electron chi connectivity index (χ1n) is 6.48. The molecule has 0 heterocycles. The summed E-state index contributed by atoms with van der Waals surface area (Å²) >= 11 is 0. The van der Waals surface area contributed by atoms with E-state index in [9.17, 15) is 13.6 Å². The lowest BCUT2D eigenvalue weighted by Crippen LogP contribution is -2.37. The summed E-state index contributed by atoms with van der Waals surface area (Å²) in [5, 5.41) is 13.7. The van der Waals surface area contributed by atoms with Gasteiger partial charge < -0.3 is 20.5 Å². The summed E-state index contributed by atoms with van der Waals surface area (Å²) in [6, 6.07) is 1.07. The van der Waals surface area contributed by atoms with E-state index in [1.807, 2.05) is 13.8 Å². The first kappa shape index (κ1) is 17.2. The van der Waals surface area contributed by atoms with Crippen molar-refractivity contribution in [3.05, 3.63) is 23.8 Å². The highest BCUT2D eigenvalue weighted by molar-refractivity contribution is 5.89. The van der Waals surface area contributed by atoms with E-state index in [-0.39, 0.29) is 23.5 Å². The van der Waals surface area contributed by atoms with Crippen LogP contribution in [-0.4, -0.2) is 31.4 Å². The Morgan fingerprint density at radius 1 is 1.33 bits per heavy atom. The zero-order valence-corrected chi connectivity index (χ0v) is 12.3. The van der Waals surface area contributed by atoms with Crippen LogP contribution in [0.5, 0.6) is 5.75 Å². The molecule has 2 amide bonds. The quantitative estimate of drug-likeness (QED) is 0.756. The smallest absolute Gasteiger partial charge is 0.319 e. The van der Waals surface area contributed by atoms with Gasteiger partial charge in [0.2, 0.25) is 0 Å². The summed E-state index contributed by atoms with van der Waals surface area (Å²) in [5.74, 6) is -1.80. The minimum absolute atomic E-state index is 0.00855. The first-order chi connectivity index (χ1) is 9.79. The van der Waals surface area contributed by atoms with Crippen LogP contribution in [0.2, 0.25) is 0 Å². The number of halogens is 2. The number of aliphatic hydroxyl groups excluding tert-OH is 1. The lowest BCUT2D eigenvalue weighted by molar-refractivity contribution is 0.204. The SMILES string of the molecule is COc1cc(F)c(NC(=O)NCC(C)(C)CCO)cc1F. The average Bonchev–Trinajstić information content (AvgIpc) is 2.40. The minimum Gasteiger partial charge on any atom is -0.494 e. The van der Waals surface area contributed by atoms with E-state index >= 15 is 0 Å². The molecule has 0 aromatic heterocycles. The van der Waals surface area contributed by atoms with Gasteiger partial charge in [-0.2, -0.15) is 0 Å². The number of methoxy groups -OCH3 is 1. The van der Waals surface area contributed by atoms with Crippen molar-refractivity contribution in [2.45, 2.75) is 20.3 Å². The number of hydrogen-bond donors (Lipinski definition) is 3. The minimum atomic E-state index is -0.794. The Labute approximate surface area is 122 Å². The fourth-order valence-corrected chi connectivity index (χ4v) is 1.66. The van der Waals surface area contributed by atoms with Crippen molar-refractivity contribution < 1.29 is 23.4 Å². The Bertz CT molecular complexity index is 507. The lowest BCUT2D eigenvalue weighted by atomic mass is 9.90. The molecule has 3 N–H and O–H groups in total. The number of rotatable bonds is 6. The third-order valence-corrected chi connectivity index (χ3v) is 3.01. The van der Waals surface area contributed by atoms with Gasteiger partial charge in [-0.15, -0.1) is 0 Å². The molecular weight excluding hydrogens is 282 g/mol. The Kier molecular flexibility index (Phi) is 5.90. The van der Waals surface area contributed by atoms with Crippen molar-refractivity contribution in [2.75, 3.05) is 25.6 Å². The Morgan fingerprint density at radius 3 is 2.57 bits per heavy atom. The van der Waals surface area contributed by atoms with Crippen LogP contribution in [0.1, 0.15) is 20.3 Å². The van der Waals surface area contributed by atoms with Gasteiger partial charge in [0.15, 0.2) is 17.4 Å². The molecule has 0 unspecified atom stereocenters. The molecule has 0 aliphatic carbocycles. The maximum atomic E-state index is 13.7. The number of urea groups is 1. The summed E-state index contributed by atoms with van der Waals surface area (Å²) < 4.78 is 31.8. The summed E-state index contributed by atoms with van der Waals surface area (Å²) in [7, 11) is 1.22. The second-order valence-corrected chi connectivity index (χ2v) is 5.41. The number of aliphatic hydroxyl groups is 1. The van der Waals surface area contributed by atoms with Crippen LogP contribution in [0.25, 0.3) is 0 Å². The molecule has 0 spiro atoms. The second kappa shape index (κ2) is 7.21. The van der Waals surface area contributed by atoms with E-state index in [2.05, 4.69) is 15.4 Å². The van der Waals surface area contributed by atoms with Crippen LogP contribution in [0.4, 0.5) is 19.3 Å². The van der Waals surface area contributed by atoms with Gasteiger partial charge in [0.1, 0.15) is 0 Å². The van der Waals surface area contributed by atoms with Gasteiger partial charge in [0.05, 0.1) is 12.8 Å². The Morgan fingerprint density at radius 2 is 2.00 bits per heavy atom. The lowest BCUT2D eigenvalue weighted by Gasteiger charge is -2.23. The van der Waals surface area contributed by atoms with E-state index in [4.69, 9.17) is 5.11 Å². The van der Waals surface area contributed by atoms with Gasteiger partial charge in [-0.05, 0) is 11.8 Å². The number of amides is 2. The van der Waals surface area contributed by atoms with Gasteiger partial charge in [-0.3, -0.25) is 0 Å². The first-order valence-corrected chi connectivity index (χ1v) is 6.48. The molecule has 118 valence electrons. The molecule has 0 saturated heterocycles. The van der Waals surface area contributed by atoms with Crippen LogP contribution >= 0.6 is 0 Å². The Balaban J connectivity index is 2.65. The molecule has 0 fully saturated rings. The third-order valence-electron chi connectivity index (χ3n) is 3.01. The highest BCUT2D eigenvalue weighted by Crippen LogP contribution is 2.24. The number of hydrogen-bond acceptors (Lipinski definition) is 3. The van der Waals surface area contributed by atoms with Crippen LogP contribution in [0, 0.1) is 17.0 Å². The summed E-state index contributed by atoms with van der Waals surface area (Å²) in [6.45, 7) is 4.04. The summed E-state index contributed by atoms with van der Waals surface area (Å²) in [6.07, 6.45) is 0.513. The molecule has 21 heavy (non-hydrogen) atoms. The van der Waals surface area contributed by atoms with Gasteiger partial charge in [-0.1, -0.05) is 13.8 Å². The highest BCUT2D eigenvalue weighted by Gasteiger charge is 2.19. The van der Waals surface area contributed by atoms with Gasteiger partial charge in [-0.25, -0.2) is 13.6 Å². The molecular formula is C14H20F2N2O3. The number of nitrogens with one attached hydrogen (secondary N) is 2. The molecule has 5 nitrogen and oxygen atoms in total. The molecule has 1 aromatic rings. The van der Waals surface area contributed by atoms with Gasteiger partial charge >= 0.3 is 6.03 Å². The largest absolute Gasteiger partial charge is 0.494 e. The molecule has 0 aliphatic heterocycles. The van der Waals surface area contributed by atoms with Crippen molar-refractivity contribution in [3.63, 3.8) is 0 Å². The van der Waals surface area contributed by atoms with E-state index in [0.717, 1.165) is 12.1 Å². The van der Waals surface area contributed by atoms with Crippen LogP contribution in [-0.2, 0) is 0 Å². The molecule has 0 aliphatic rings. The third kappa shape index (κ3) is 5.18. The van der Waals surface area contributed by atoms with E-state index in [0.29, 0.717) is 13.0 Å². The van der Waals surface area contributed by atoms with Crippen molar-refractivity contribution in [2.24, 2.45) is 5.41 Å². The van der Waals surface area contributed by atoms with E-state index in [1.54, 1.807) is 0 Å². The summed E-state index contributed by atoms with van der Waals surface area (Å²) in [4.78, 5) is 11.7. The zero-order valence-electron chi connectivity index (χ0n) is 12.3. The maximum Gasteiger partial charge on any atom is 0.319 e. The number of ether oxygens (including phenoxy) is 1. The highest BCUT2D eigenvalue weighted by atomic mass is 19.1. The summed E-state index contributed by atoms with van der Waals surface area (Å²) in [5.41, 5.74) is -0.568. The van der Waals surface area contributed by atoms with Gasteiger partial charge in [0, 0.05) is 25.3 Å². The Hall–Kier alpha value is -1.89. The standard InChI is InChI=1S/C14H20F2N2O3/c1-14(2,4-5-19)8-17-13(20)18-11-6-10(16)12(21-3)7-9(11)15/h6-7,19H,4-5,8H2,1-3H3,(H2,17,18,20). The maximum absolute atomic E-state index is 13.7. The van der Waals surface area contributed by atoms with Crippen LogP contribution < -0.4 is 15.4 Å². The fraction of sp³-hybridized carbons (Fsp3) is 0.500. The monoisotopic (exact) mass is 302 g/mol. The predicted octanol–water partition coefficient (Wildman–Crippen LogP) is 2.50.